The van der Waals surface area contributed by atoms with Gasteiger partial charge in [0.25, 0.3) is 0 Å². The molecule has 1 nitrogen and oxygen atoms in total. The van der Waals surface area contributed by atoms with E-state index in [9.17, 15) is 8.78 Å². The van der Waals surface area contributed by atoms with Crippen LogP contribution in [-0.2, 0) is 0 Å². The molecule has 2 rings (SSSR count). The van der Waals surface area contributed by atoms with Crippen LogP contribution in [-0.4, -0.2) is 11.5 Å². The Morgan fingerprint density at radius 3 is 2.12 bits per heavy atom. The smallest absolute Gasteiger partial charge is 0.248 e. The van der Waals surface area contributed by atoms with E-state index in [-0.39, 0.29) is 11.5 Å². The van der Waals surface area contributed by atoms with Gasteiger partial charge in [-0.1, -0.05) is 25.7 Å². The van der Waals surface area contributed by atoms with Crippen molar-refractivity contribution in [3.05, 3.63) is 0 Å². The molecule has 0 radical (unpaired) electrons. The summed E-state index contributed by atoms with van der Waals surface area (Å²) in [5, 5.41) is 0. The van der Waals surface area contributed by atoms with Gasteiger partial charge in [0, 0.05) is 11.5 Å². The highest BCUT2D eigenvalue weighted by molar-refractivity contribution is 5.02. The first kappa shape index (κ1) is 13.3. The predicted molar refractivity (Wildman–Crippen MR) is 66.1 cm³/mol. The maximum Gasteiger partial charge on any atom is 0.248 e. The second-order valence-electron chi connectivity index (χ2n) is 6.38. The van der Waals surface area contributed by atoms with Gasteiger partial charge >= 0.3 is 0 Å². The Morgan fingerprint density at radius 2 is 1.71 bits per heavy atom. The van der Waals surface area contributed by atoms with Crippen LogP contribution in [0, 0.1) is 11.8 Å². The molecular formula is C14H25F2N. The molecule has 2 saturated carbocycles. The first-order valence-corrected chi connectivity index (χ1v) is 7.07. The molecule has 1 atom stereocenters. The minimum absolute atomic E-state index is 0.193. The van der Waals surface area contributed by atoms with Crippen molar-refractivity contribution in [2.24, 2.45) is 17.6 Å². The van der Waals surface area contributed by atoms with Crippen molar-refractivity contribution >= 4 is 0 Å². The van der Waals surface area contributed by atoms with E-state index in [0.29, 0.717) is 6.42 Å². The van der Waals surface area contributed by atoms with Gasteiger partial charge < -0.3 is 5.73 Å². The average Bonchev–Trinajstić information content (AvgIpc) is 2.97. The molecule has 2 fully saturated rings. The van der Waals surface area contributed by atoms with Crippen LogP contribution in [0.15, 0.2) is 0 Å². The van der Waals surface area contributed by atoms with Gasteiger partial charge in [-0.2, -0.15) is 0 Å². The van der Waals surface area contributed by atoms with E-state index < -0.39 is 11.8 Å². The van der Waals surface area contributed by atoms with E-state index in [0.717, 1.165) is 45.4 Å². The summed E-state index contributed by atoms with van der Waals surface area (Å²) in [6.45, 7) is 1.09. The molecule has 1 unspecified atom stereocenters. The number of halogens is 2. The van der Waals surface area contributed by atoms with E-state index in [2.05, 4.69) is 0 Å². The van der Waals surface area contributed by atoms with Crippen LogP contribution in [0.25, 0.3) is 0 Å². The highest BCUT2D eigenvalue weighted by Gasteiger charge is 2.48. The molecule has 0 saturated heterocycles. The fourth-order valence-corrected chi connectivity index (χ4v) is 3.28. The third-order valence-electron chi connectivity index (χ3n) is 4.64. The topological polar surface area (TPSA) is 26.0 Å². The zero-order valence-electron chi connectivity index (χ0n) is 10.9. The summed E-state index contributed by atoms with van der Waals surface area (Å²) >= 11 is 0. The molecular weight excluding hydrogens is 220 g/mol. The van der Waals surface area contributed by atoms with E-state index in [1.807, 2.05) is 0 Å². The normalized spacial score (nSPS) is 27.5. The molecule has 0 spiro atoms. The maximum absolute atomic E-state index is 13.8. The summed E-state index contributed by atoms with van der Waals surface area (Å²) in [4.78, 5) is 0. The van der Waals surface area contributed by atoms with E-state index in [4.69, 9.17) is 5.73 Å². The van der Waals surface area contributed by atoms with Crippen LogP contribution >= 0.6 is 0 Å². The number of rotatable bonds is 4. The molecule has 0 heterocycles. The SMILES string of the molecule is CC(F)(F)C(CC1(N)CC1)C1CCCCCC1. The molecule has 0 aliphatic heterocycles. The van der Waals surface area contributed by atoms with E-state index in [1.54, 1.807) is 0 Å². The minimum Gasteiger partial charge on any atom is -0.325 e. The quantitative estimate of drug-likeness (QED) is 0.741. The van der Waals surface area contributed by atoms with Crippen LogP contribution in [0.3, 0.4) is 0 Å². The van der Waals surface area contributed by atoms with E-state index in [1.165, 1.54) is 12.8 Å². The van der Waals surface area contributed by atoms with Crippen molar-refractivity contribution in [1.29, 1.82) is 0 Å². The third kappa shape index (κ3) is 3.64. The van der Waals surface area contributed by atoms with Gasteiger partial charge in [-0.25, -0.2) is 8.78 Å². The second-order valence-corrected chi connectivity index (χ2v) is 6.38. The lowest BCUT2D eigenvalue weighted by Gasteiger charge is -2.33. The van der Waals surface area contributed by atoms with Crippen molar-refractivity contribution in [2.75, 3.05) is 0 Å². The summed E-state index contributed by atoms with van der Waals surface area (Å²) in [5.41, 5.74) is 5.80. The highest BCUT2D eigenvalue weighted by Crippen LogP contribution is 2.47. The lowest BCUT2D eigenvalue weighted by atomic mass is 9.78. The van der Waals surface area contributed by atoms with Crippen molar-refractivity contribution in [2.45, 2.75) is 76.2 Å². The molecule has 2 aliphatic rings. The number of alkyl halides is 2. The Balaban J connectivity index is 2.02. The van der Waals surface area contributed by atoms with Gasteiger partial charge in [0.2, 0.25) is 5.92 Å². The number of hydrogen-bond acceptors (Lipinski definition) is 1. The van der Waals surface area contributed by atoms with Crippen LogP contribution < -0.4 is 5.73 Å². The third-order valence-corrected chi connectivity index (χ3v) is 4.64. The summed E-state index contributed by atoms with van der Waals surface area (Å²) < 4.78 is 27.6. The van der Waals surface area contributed by atoms with Gasteiger partial charge in [0.1, 0.15) is 0 Å². The molecule has 0 aromatic heterocycles. The molecule has 2 aliphatic carbocycles. The molecule has 0 aromatic rings. The second kappa shape index (κ2) is 4.83. The molecule has 0 aromatic carbocycles. The van der Waals surface area contributed by atoms with Gasteiger partial charge in [-0.3, -0.25) is 0 Å². The number of hydrogen-bond donors (Lipinski definition) is 1. The van der Waals surface area contributed by atoms with Gasteiger partial charge in [0.15, 0.2) is 0 Å². The number of nitrogens with two attached hydrogens (primary N) is 1. The van der Waals surface area contributed by atoms with Crippen molar-refractivity contribution in [3.63, 3.8) is 0 Å². The summed E-state index contributed by atoms with van der Waals surface area (Å²) in [7, 11) is 0. The van der Waals surface area contributed by atoms with Crippen LogP contribution in [0.4, 0.5) is 8.78 Å². The Morgan fingerprint density at radius 1 is 1.18 bits per heavy atom. The standard InChI is InChI=1S/C14H25F2N/c1-13(15,16)12(10-14(17)8-9-14)11-6-4-2-3-5-7-11/h11-12H,2-10,17H2,1H3. The monoisotopic (exact) mass is 245 g/mol. The lowest BCUT2D eigenvalue weighted by Crippen LogP contribution is -2.38. The Hall–Kier alpha value is -0.180. The molecule has 100 valence electrons. The predicted octanol–water partition coefficient (Wildman–Crippen LogP) is 4.11. The highest BCUT2D eigenvalue weighted by atomic mass is 19.3. The zero-order valence-corrected chi connectivity index (χ0v) is 10.9. The first-order chi connectivity index (χ1) is 7.91. The zero-order chi connectivity index (χ0) is 12.5. The van der Waals surface area contributed by atoms with Crippen LogP contribution in [0.2, 0.25) is 0 Å². The Kier molecular flexibility index (Phi) is 3.77. The van der Waals surface area contributed by atoms with Gasteiger partial charge in [-0.05, 0) is 44.9 Å². The average molecular weight is 245 g/mol. The first-order valence-electron chi connectivity index (χ1n) is 7.07. The Labute approximate surface area is 103 Å². The fraction of sp³-hybridized carbons (Fsp3) is 1.00. The largest absolute Gasteiger partial charge is 0.325 e. The van der Waals surface area contributed by atoms with Crippen molar-refractivity contribution < 1.29 is 8.78 Å². The van der Waals surface area contributed by atoms with Gasteiger partial charge in [-0.15, -0.1) is 0 Å². The lowest BCUT2D eigenvalue weighted by molar-refractivity contribution is -0.0727. The van der Waals surface area contributed by atoms with Gasteiger partial charge in [0.05, 0.1) is 0 Å². The molecule has 2 N–H and O–H groups in total. The molecule has 3 heteroatoms. The summed E-state index contributed by atoms with van der Waals surface area (Å²) in [6.07, 6.45) is 9.02. The van der Waals surface area contributed by atoms with Crippen LogP contribution in [0.5, 0.6) is 0 Å². The maximum atomic E-state index is 13.8. The van der Waals surface area contributed by atoms with E-state index >= 15 is 0 Å². The molecule has 0 amide bonds. The Bertz CT molecular complexity index is 247. The molecule has 17 heavy (non-hydrogen) atoms. The fourth-order valence-electron chi connectivity index (χ4n) is 3.28. The summed E-state index contributed by atoms with van der Waals surface area (Å²) in [5.74, 6) is -2.86. The van der Waals surface area contributed by atoms with Crippen LogP contribution in [0.1, 0.15) is 64.7 Å². The minimum atomic E-state index is -2.57. The molecule has 0 bridgehead atoms. The van der Waals surface area contributed by atoms with Crippen molar-refractivity contribution in [3.8, 4) is 0 Å². The summed E-state index contributed by atoms with van der Waals surface area (Å²) in [6, 6.07) is 0. The van der Waals surface area contributed by atoms with Crippen molar-refractivity contribution in [1.82, 2.24) is 0 Å².